The Morgan fingerprint density at radius 1 is 1.37 bits per heavy atom. The smallest absolute Gasteiger partial charge is 0.152 e. The molecule has 3 aliphatic rings. The number of benzene rings is 1. The average molecular weight is 362 g/mol. The Morgan fingerprint density at radius 2 is 2.26 bits per heavy atom. The summed E-state index contributed by atoms with van der Waals surface area (Å²) in [5.41, 5.74) is 2.08. The Hall–Kier alpha value is -2.51. The summed E-state index contributed by atoms with van der Waals surface area (Å²) in [4.78, 5) is 7.08. The van der Waals surface area contributed by atoms with Gasteiger partial charge in [-0.05, 0) is 55.5 Å². The molecule has 5 atom stereocenters. The van der Waals surface area contributed by atoms with Gasteiger partial charge in [0, 0.05) is 30.6 Å². The second-order valence-electron chi connectivity index (χ2n) is 7.42. The van der Waals surface area contributed by atoms with E-state index in [-0.39, 0.29) is 6.10 Å². The van der Waals surface area contributed by atoms with E-state index in [9.17, 15) is 0 Å². The molecule has 0 spiro atoms. The van der Waals surface area contributed by atoms with Gasteiger partial charge in [-0.2, -0.15) is 0 Å². The average Bonchev–Trinajstić information content (AvgIpc) is 2.74. The van der Waals surface area contributed by atoms with E-state index in [1.807, 2.05) is 25.3 Å². The fourth-order valence-corrected chi connectivity index (χ4v) is 4.69. The lowest BCUT2D eigenvalue weighted by molar-refractivity contribution is -0.0443. The lowest BCUT2D eigenvalue weighted by Crippen LogP contribution is -2.55. The zero-order valence-corrected chi connectivity index (χ0v) is 16.0. The van der Waals surface area contributed by atoms with Crippen molar-refractivity contribution >= 4 is 10.9 Å². The molecular formula is C23H26N2O2. The molecule has 2 aromatic rings. The van der Waals surface area contributed by atoms with E-state index in [1.165, 1.54) is 6.42 Å². The van der Waals surface area contributed by atoms with Crippen LogP contribution < -0.4 is 4.74 Å². The molecule has 1 aromatic heterocycles. The maximum absolute atomic E-state index is 6.12. The van der Waals surface area contributed by atoms with E-state index in [2.05, 4.69) is 46.7 Å². The van der Waals surface area contributed by atoms with Crippen LogP contribution >= 0.6 is 0 Å². The zero-order valence-electron chi connectivity index (χ0n) is 16.0. The van der Waals surface area contributed by atoms with Crippen LogP contribution in [0.3, 0.4) is 0 Å². The highest BCUT2D eigenvalue weighted by Crippen LogP contribution is 2.43. The summed E-state index contributed by atoms with van der Waals surface area (Å²) in [6, 6.07) is 8.38. The van der Waals surface area contributed by atoms with Gasteiger partial charge in [0.1, 0.15) is 11.9 Å². The SMILES string of the molecule is C=C[C@H]1CN2CCC1C[C@H]2[C@H](OC#CC)c1ccnc2ccc(OC)cc12. The van der Waals surface area contributed by atoms with E-state index < -0.39 is 0 Å². The van der Waals surface area contributed by atoms with Crippen molar-refractivity contribution in [3.05, 3.63) is 48.7 Å². The molecule has 5 rings (SSSR count). The van der Waals surface area contributed by atoms with Crippen molar-refractivity contribution in [3.8, 4) is 17.8 Å². The molecule has 4 nitrogen and oxygen atoms in total. The lowest BCUT2D eigenvalue weighted by Gasteiger charge is -2.50. The van der Waals surface area contributed by atoms with Crippen LogP contribution in [0.4, 0.5) is 0 Å². The number of pyridine rings is 1. The minimum Gasteiger partial charge on any atom is -0.497 e. The summed E-state index contributed by atoms with van der Waals surface area (Å²) in [5, 5.41) is 1.07. The van der Waals surface area contributed by atoms with E-state index in [1.54, 1.807) is 7.11 Å². The van der Waals surface area contributed by atoms with Gasteiger partial charge in [0.05, 0.1) is 18.7 Å². The van der Waals surface area contributed by atoms with Gasteiger partial charge in [-0.1, -0.05) is 12.0 Å². The Bertz CT molecular complexity index is 898. The van der Waals surface area contributed by atoms with E-state index in [4.69, 9.17) is 9.47 Å². The van der Waals surface area contributed by atoms with Crippen LogP contribution in [0, 0.1) is 23.9 Å². The molecule has 4 heterocycles. The molecule has 0 N–H and O–H groups in total. The number of rotatable bonds is 5. The van der Waals surface area contributed by atoms with E-state index in [0.29, 0.717) is 17.9 Å². The largest absolute Gasteiger partial charge is 0.497 e. The number of hydrogen-bond donors (Lipinski definition) is 0. The van der Waals surface area contributed by atoms with Crippen LogP contribution in [0.25, 0.3) is 10.9 Å². The quantitative estimate of drug-likeness (QED) is 0.590. The maximum Gasteiger partial charge on any atom is 0.152 e. The van der Waals surface area contributed by atoms with Gasteiger partial charge in [0.2, 0.25) is 0 Å². The first-order chi connectivity index (χ1) is 13.2. The molecule has 3 fully saturated rings. The van der Waals surface area contributed by atoms with Crippen LogP contribution in [0.1, 0.15) is 31.4 Å². The minimum absolute atomic E-state index is 0.108. The van der Waals surface area contributed by atoms with Crippen LogP contribution in [0.5, 0.6) is 5.75 Å². The van der Waals surface area contributed by atoms with Gasteiger partial charge in [0.25, 0.3) is 0 Å². The predicted molar refractivity (Wildman–Crippen MR) is 107 cm³/mol. The number of nitrogens with zero attached hydrogens (tertiary/aromatic N) is 2. The van der Waals surface area contributed by atoms with Crippen molar-refractivity contribution in [1.82, 2.24) is 9.88 Å². The van der Waals surface area contributed by atoms with Crippen molar-refractivity contribution in [1.29, 1.82) is 0 Å². The third kappa shape index (κ3) is 3.28. The number of methoxy groups -OCH3 is 1. The summed E-state index contributed by atoms with van der Waals surface area (Å²) in [6.07, 6.45) is 9.11. The van der Waals surface area contributed by atoms with Crippen molar-refractivity contribution in [2.45, 2.75) is 31.9 Å². The highest BCUT2D eigenvalue weighted by molar-refractivity contribution is 5.84. The number of piperidine rings is 3. The molecule has 3 saturated heterocycles. The molecule has 2 unspecified atom stereocenters. The highest BCUT2D eigenvalue weighted by atomic mass is 16.5. The monoisotopic (exact) mass is 362 g/mol. The molecule has 2 bridgehead atoms. The molecule has 0 aliphatic carbocycles. The highest BCUT2D eigenvalue weighted by Gasteiger charge is 2.43. The molecule has 27 heavy (non-hydrogen) atoms. The molecule has 140 valence electrons. The Kier molecular flexibility index (Phi) is 5.05. The zero-order chi connectivity index (χ0) is 18.8. The topological polar surface area (TPSA) is 34.6 Å². The molecule has 0 radical (unpaired) electrons. The summed E-state index contributed by atoms with van der Waals surface area (Å²) >= 11 is 0. The third-order valence-corrected chi connectivity index (χ3v) is 6.08. The van der Waals surface area contributed by atoms with Crippen molar-refractivity contribution in [3.63, 3.8) is 0 Å². The molecular weight excluding hydrogens is 336 g/mol. The molecule has 4 heteroatoms. The van der Waals surface area contributed by atoms with Gasteiger partial charge >= 0.3 is 0 Å². The third-order valence-electron chi connectivity index (χ3n) is 6.08. The summed E-state index contributed by atoms with van der Waals surface area (Å²) in [5.74, 6) is 4.99. The van der Waals surface area contributed by atoms with Gasteiger partial charge in [-0.25, -0.2) is 0 Å². The molecule has 0 saturated carbocycles. The fraction of sp³-hybridized carbons (Fsp3) is 0.435. The Balaban J connectivity index is 1.76. The van der Waals surface area contributed by atoms with E-state index >= 15 is 0 Å². The predicted octanol–water partition coefficient (Wildman–Crippen LogP) is 4.18. The Morgan fingerprint density at radius 3 is 2.96 bits per heavy atom. The number of fused-ring (bicyclic) bond motifs is 4. The summed E-state index contributed by atoms with van der Waals surface area (Å²) in [6.45, 7) is 8.03. The number of aromatic nitrogens is 1. The van der Waals surface area contributed by atoms with Crippen LogP contribution in [-0.4, -0.2) is 36.1 Å². The fourth-order valence-electron chi connectivity index (χ4n) is 4.69. The number of hydrogen-bond acceptors (Lipinski definition) is 4. The standard InChI is InChI=1S/C23H26N2O2/c1-4-12-27-23(22-13-17-9-11-25(22)15-16(17)5-2)19-8-10-24-21-7-6-18(26-3)14-20(19)21/h5-8,10,14,16-17,22-23H,2,9,11,13,15H2,1,3H3/t16-,17?,22-,23+/m0/s1. The van der Waals surface area contributed by atoms with Gasteiger partial charge in [0.15, 0.2) is 6.10 Å². The first-order valence-electron chi connectivity index (χ1n) is 9.61. The summed E-state index contributed by atoms with van der Waals surface area (Å²) in [7, 11) is 1.69. The molecule has 3 aliphatic heterocycles. The van der Waals surface area contributed by atoms with E-state index in [0.717, 1.165) is 41.7 Å². The van der Waals surface area contributed by atoms with Gasteiger partial charge < -0.3 is 9.47 Å². The second kappa shape index (κ2) is 7.62. The molecule has 0 amide bonds. The van der Waals surface area contributed by atoms with Crippen molar-refractivity contribution in [2.75, 3.05) is 20.2 Å². The van der Waals surface area contributed by atoms with Crippen LogP contribution in [0.15, 0.2) is 43.1 Å². The summed E-state index contributed by atoms with van der Waals surface area (Å²) < 4.78 is 11.6. The second-order valence-corrected chi connectivity index (χ2v) is 7.42. The number of ether oxygens (including phenoxy) is 2. The van der Waals surface area contributed by atoms with Gasteiger partial charge in [-0.3, -0.25) is 9.88 Å². The maximum atomic E-state index is 6.12. The lowest BCUT2D eigenvalue weighted by atomic mass is 9.73. The van der Waals surface area contributed by atoms with Crippen LogP contribution in [-0.2, 0) is 4.74 Å². The first-order valence-corrected chi connectivity index (χ1v) is 9.61. The van der Waals surface area contributed by atoms with Crippen LogP contribution in [0.2, 0.25) is 0 Å². The van der Waals surface area contributed by atoms with Gasteiger partial charge in [-0.15, -0.1) is 6.58 Å². The van der Waals surface area contributed by atoms with Crippen molar-refractivity contribution < 1.29 is 9.47 Å². The van der Waals surface area contributed by atoms with Crippen molar-refractivity contribution in [2.24, 2.45) is 11.8 Å². The Labute approximate surface area is 161 Å². The minimum atomic E-state index is -0.108. The normalized spacial score (nSPS) is 27.5. The first kappa shape index (κ1) is 17.9. The molecule has 1 aromatic carbocycles.